The third kappa shape index (κ3) is 2.60. The van der Waals surface area contributed by atoms with Crippen molar-refractivity contribution < 1.29 is 0 Å². The van der Waals surface area contributed by atoms with Gasteiger partial charge in [0.15, 0.2) is 0 Å². The van der Waals surface area contributed by atoms with Crippen LogP contribution in [0.3, 0.4) is 0 Å². The van der Waals surface area contributed by atoms with Crippen molar-refractivity contribution in [3.63, 3.8) is 0 Å². The van der Waals surface area contributed by atoms with Crippen LogP contribution in [0.4, 0.5) is 5.69 Å². The molecule has 1 aliphatic rings. The summed E-state index contributed by atoms with van der Waals surface area (Å²) in [4.78, 5) is 2.48. The quantitative estimate of drug-likeness (QED) is 0.790. The van der Waals surface area contributed by atoms with Gasteiger partial charge in [0.2, 0.25) is 0 Å². The number of nitriles is 1. The summed E-state index contributed by atoms with van der Waals surface area (Å²) in [6, 6.07) is 19.0. The predicted octanol–water partition coefficient (Wildman–Crippen LogP) is 4.85. The molecule has 0 N–H and O–H groups in total. The second-order valence-electron chi connectivity index (χ2n) is 6.87. The molecule has 0 fully saturated rings. The molecule has 3 rings (SSSR count). The molecule has 2 heteroatoms. The smallest absolute Gasteiger partial charge is 0.0991 e. The largest absolute Gasteiger partial charge is 0.362 e. The molecule has 2 aromatic carbocycles. The first-order valence-electron chi connectivity index (χ1n) is 7.87. The normalized spacial score (nSPS) is 19.4. The number of hydrogen-bond acceptors (Lipinski definition) is 2. The molecule has 0 aliphatic carbocycles. The lowest BCUT2D eigenvalue weighted by atomic mass is 9.79. The fourth-order valence-electron chi connectivity index (χ4n) is 3.63. The Morgan fingerprint density at radius 1 is 1.18 bits per heavy atom. The maximum Gasteiger partial charge on any atom is 0.0991 e. The fraction of sp³-hybridized carbons (Fsp3) is 0.350. The zero-order valence-corrected chi connectivity index (χ0v) is 13.5. The van der Waals surface area contributed by atoms with Gasteiger partial charge in [0.1, 0.15) is 0 Å². The lowest BCUT2D eigenvalue weighted by molar-refractivity contribution is 0.374. The van der Waals surface area contributed by atoms with Crippen molar-refractivity contribution in [3.05, 3.63) is 65.2 Å². The van der Waals surface area contributed by atoms with Gasteiger partial charge in [-0.05, 0) is 55.5 Å². The van der Waals surface area contributed by atoms with Gasteiger partial charge >= 0.3 is 0 Å². The third-order valence-electron chi connectivity index (χ3n) is 4.70. The molecule has 1 aliphatic heterocycles. The molecule has 0 bridgehead atoms. The van der Waals surface area contributed by atoms with E-state index in [4.69, 9.17) is 5.26 Å². The second kappa shape index (κ2) is 5.50. The van der Waals surface area contributed by atoms with Crippen molar-refractivity contribution in [1.29, 1.82) is 5.26 Å². The van der Waals surface area contributed by atoms with Crippen molar-refractivity contribution >= 4 is 5.69 Å². The lowest BCUT2D eigenvalue weighted by Crippen LogP contribution is -2.47. The Morgan fingerprint density at radius 3 is 2.59 bits per heavy atom. The van der Waals surface area contributed by atoms with Crippen LogP contribution < -0.4 is 4.90 Å². The number of nitrogens with zero attached hydrogens (tertiary/aromatic N) is 2. The van der Waals surface area contributed by atoms with Crippen molar-refractivity contribution in [2.75, 3.05) is 4.90 Å². The number of fused-ring (bicyclic) bond motifs is 1. The van der Waals surface area contributed by atoms with Crippen molar-refractivity contribution in [2.45, 2.75) is 45.2 Å². The molecule has 112 valence electrons. The van der Waals surface area contributed by atoms with Crippen LogP contribution in [-0.2, 0) is 6.54 Å². The van der Waals surface area contributed by atoms with E-state index >= 15 is 0 Å². The molecular weight excluding hydrogens is 268 g/mol. The zero-order chi connectivity index (χ0) is 15.7. The first-order chi connectivity index (χ1) is 10.5. The Bertz CT molecular complexity index is 710. The standard InChI is InChI=1S/C20H22N2/c1-15-12-20(2,3)22(14-16-7-5-4-6-8-16)19-10-9-17(13-21)11-18(15)19/h4-11,15H,12,14H2,1-3H3. The number of anilines is 1. The number of hydrogen-bond donors (Lipinski definition) is 0. The molecule has 1 unspecified atom stereocenters. The van der Waals surface area contributed by atoms with Gasteiger partial charge in [0.05, 0.1) is 11.6 Å². The minimum absolute atomic E-state index is 0.108. The van der Waals surface area contributed by atoms with Crippen LogP contribution in [0, 0.1) is 11.3 Å². The first-order valence-corrected chi connectivity index (χ1v) is 7.87. The van der Waals surface area contributed by atoms with Crippen molar-refractivity contribution in [1.82, 2.24) is 0 Å². The Labute approximate surface area is 133 Å². The number of rotatable bonds is 2. The van der Waals surface area contributed by atoms with Gasteiger partial charge in [0.25, 0.3) is 0 Å². The molecule has 1 heterocycles. The van der Waals surface area contributed by atoms with E-state index in [1.165, 1.54) is 16.8 Å². The van der Waals surface area contributed by atoms with E-state index in [0.717, 1.165) is 18.5 Å². The van der Waals surface area contributed by atoms with Gasteiger partial charge < -0.3 is 4.90 Å². The average molecular weight is 290 g/mol. The summed E-state index contributed by atoms with van der Waals surface area (Å²) in [6.45, 7) is 7.79. The molecule has 0 radical (unpaired) electrons. The van der Waals surface area contributed by atoms with Gasteiger partial charge in [-0.3, -0.25) is 0 Å². The summed E-state index contributed by atoms with van der Waals surface area (Å²) in [7, 11) is 0. The van der Waals surface area contributed by atoms with Crippen molar-refractivity contribution in [2.24, 2.45) is 0 Å². The van der Waals surface area contributed by atoms with E-state index in [2.05, 4.69) is 74.2 Å². The summed E-state index contributed by atoms with van der Waals surface area (Å²) in [5.41, 5.74) is 4.75. The summed E-state index contributed by atoms with van der Waals surface area (Å²) in [6.07, 6.45) is 1.10. The molecule has 0 spiro atoms. The first kappa shape index (κ1) is 14.7. The summed E-state index contributed by atoms with van der Waals surface area (Å²) in [5.74, 6) is 0.477. The molecule has 1 atom stereocenters. The van der Waals surface area contributed by atoms with Gasteiger partial charge in [-0.2, -0.15) is 5.26 Å². The molecular formula is C20H22N2. The van der Waals surface area contributed by atoms with Crippen LogP contribution >= 0.6 is 0 Å². The van der Waals surface area contributed by atoms with Crippen LogP contribution in [0.5, 0.6) is 0 Å². The van der Waals surface area contributed by atoms with E-state index in [1.807, 2.05) is 6.07 Å². The monoisotopic (exact) mass is 290 g/mol. The number of benzene rings is 2. The highest BCUT2D eigenvalue weighted by Crippen LogP contribution is 2.44. The van der Waals surface area contributed by atoms with Crippen LogP contribution in [0.2, 0.25) is 0 Å². The summed E-state index contributed by atoms with van der Waals surface area (Å²) in [5, 5.41) is 9.17. The van der Waals surface area contributed by atoms with Gasteiger partial charge in [-0.1, -0.05) is 37.3 Å². The van der Waals surface area contributed by atoms with Crippen LogP contribution in [0.15, 0.2) is 48.5 Å². The van der Waals surface area contributed by atoms with Crippen LogP contribution in [0.1, 0.15) is 49.8 Å². The highest BCUT2D eigenvalue weighted by Gasteiger charge is 2.36. The maximum atomic E-state index is 9.17. The Morgan fingerprint density at radius 2 is 1.91 bits per heavy atom. The van der Waals surface area contributed by atoms with Crippen LogP contribution in [-0.4, -0.2) is 5.54 Å². The lowest BCUT2D eigenvalue weighted by Gasteiger charge is -2.47. The molecule has 0 saturated carbocycles. The molecule has 22 heavy (non-hydrogen) atoms. The predicted molar refractivity (Wildman–Crippen MR) is 90.9 cm³/mol. The minimum Gasteiger partial charge on any atom is -0.362 e. The summed E-state index contributed by atoms with van der Waals surface area (Å²) < 4.78 is 0. The molecule has 0 amide bonds. The van der Waals surface area contributed by atoms with Crippen molar-refractivity contribution in [3.8, 4) is 6.07 Å². The second-order valence-corrected chi connectivity index (χ2v) is 6.87. The minimum atomic E-state index is 0.108. The molecule has 2 nitrogen and oxygen atoms in total. The van der Waals surface area contributed by atoms with Gasteiger partial charge in [-0.15, -0.1) is 0 Å². The average Bonchev–Trinajstić information content (AvgIpc) is 2.51. The van der Waals surface area contributed by atoms with E-state index in [-0.39, 0.29) is 5.54 Å². The third-order valence-corrected chi connectivity index (χ3v) is 4.70. The Balaban J connectivity index is 2.05. The molecule has 0 aromatic heterocycles. The molecule has 0 saturated heterocycles. The zero-order valence-electron chi connectivity index (χ0n) is 13.5. The van der Waals surface area contributed by atoms with E-state index in [0.29, 0.717) is 5.92 Å². The van der Waals surface area contributed by atoms with E-state index in [1.54, 1.807) is 0 Å². The van der Waals surface area contributed by atoms with Crippen LogP contribution in [0.25, 0.3) is 0 Å². The molecule has 2 aromatic rings. The van der Waals surface area contributed by atoms with Gasteiger partial charge in [-0.25, -0.2) is 0 Å². The van der Waals surface area contributed by atoms with E-state index in [9.17, 15) is 0 Å². The summed E-state index contributed by atoms with van der Waals surface area (Å²) >= 11 is 0. The highest BCUT2D eigenvalue weighted by molar-refractivity contribution is 5.62. The van der Waals surface area contributed by atoms with Gasteiger partial charge in [0, 0.05) is 17.8 Å². The topological polar surface area (TPSA) is 27.0 Å². The maximum absolute atomic E-state index is 9.17. The Kier molecular flexibility index (Phi) is 3.66. The van der Waals surface area contributed by atoms with E-state index < -0.39 is 0 Å². The fourth-order valence-corrected chi connectivity index (χ4v) is 3.63. The highest BCUT2D eigenvalue weighted by atomic mass is 15.2. The SMILES string of the molecule is CC1CC(C)(C)N(Cc2ccccc2)c2ccc(C#N)cc21. The Hall–Kier alpha value is -2.27.